The topological polar surface area (TPSA) is 62.0 Å². The molecule has 25 heavy (non-hydrogen) atoms. The molecule has 0 radical (unpaired) electrons. The summed E-state index contributed by atoms with van der Waals surface area (Å²) in [5.74, 6) is 3.12. The number of hydrogen-bond donors (Lipinski definition) is 2. The second-order valence-corrected chi connectivity index (χ2v) is 9.71. The van der Waals surface area contributed by atoms with Gasteiger partial charge in [-0.1, -0.05) is 19.0 Å². The molecular weight excluding hydrogens is 314 g/mol. The zero-order valence-electron chi connectivity index (χ0n) is 15.9. The van der Waals surface area contributed by atoms with Crippen LogP contribution in [0.1, 0.15) is 71.6 Å². The van der Waals surface area contributed by atoms with Crippen molar-refractivity contribution in [3.63, 3.8) is 0 Å². The predicted molar refractivity (Wildman–Crippen MR) is 98.2 cm³/mol. The highest BCUT2D eigenvalue weighted by Gasteiger charge is 2.59. The van der Waals surface area contributed by atoms with Crippen LogP contribution in [0, 0.1) is 34.5 Å². The summed E-state index contributed by atoms with van der Waals surface area (Å²) in [6.45, 7) is 5.25. The van der Waals surface area contributed by atoms with Gasteiger partial charge in [-0.05, 0) is 92.3 Å². The fraction of sp³-hybridized carbons (Fsp3) is 0.952. The van der Waals surface area contributed by atoms with Crippen LogP contribution in [0.2, 0.25) is 0 Å². The van der Waals surface area contributed by atoms with Gasteiger partial charge in [-0.2, -0.15) is 0 Å². The number of rotatable bonds is 3. The maximum absolute atomic E-state index is 10.6. The van der Waals surface area contributed by atoms with Gasteiger partial charge in [0.1, 0.15) is 6.61 Å². The van der Waals surface area contributed by atoms with Crippen molar-refractivity contribution in [3.05, 3.63) is 0 Å². The zero-order chi connectivity index (χ0) is 17.7. The Morgan fingerprint density at radius 1 is 1.04 bits per heavy atom. The minimum Gasteiger partial charge on any atom is -0.393 e. The lowest BCUT2D eigenvalue weighted by atomic mass is 9.45. The fourth-order valence-electron chi connectivity index (χ4n) is 7.29. The van der Waals surface area contributed by atoms with Crippen molar-refractivity contribution >= 4 is 5.71 Å². The van der Waals surface area contributed by atoms with E-state index in [0.29, 0.717) is 12.0 Å². The van der Waals surface area contributed by atoms with Crippen LogP contribution < -0.4 is 0 Å². The van der Waals surface area contributed by atoms with Crippen LogP contribution in [-0.2, 0) is 4.84 Å². The maximum atomic E-state index is 10.6. The van der Waals surface area contributed by atoms with Crippen LogP contribution in [0.5, 0.6) is 0 Å². The molecule has 4 rings (SSSR count). The fourth-order valence-corrected chi connectivity index (χ4v) is 7.29. The van der Waals surface area contributed by atoms with Crippen LogP contribution in [0.25, 0.3) is 0 Å². The first-order valence-corrected chi connectivity index (χ1v) is 10.5. The lowest BCUT2D eigenvalue weighted by Crippen LogP contribution is -2.54. The van der Waals surface area contributed by atoms with E-state index < -0.39 is 0 Å². The Labute approximate surface area is 152 Å². The molecule has 4 saturated carbocycles. The van der Waals surface area contributed by atoms with E-state index in [-0.39, 0.29) is 18.1 Å². The third-order valence-corrected chi connectivity index (χ3v) is 8.83. The first-order chi connectivity index (χ1) is 12.0. The summed E-state index contributed by atoms with van der Waals surface area (Å²) in [7, 11) is 0. The molecule has 4 aliphatic rings. The van der Waals surface area contributed by atoms with Gasteiger partial charge in [-0.15, -0.1) is 0 Å². The van der Waals surface area contributed by atoms with Crippen molar-refractivity contribution in [2.75, 3.05) is 13.2 Å². The molecule has 0 bridgehead atoms. The second kappa shape index (κ2) is 6.53. The normalized spacial score (nSPS) is 50.9. The van der Waals surface area contributed by atoms with Gasteiger partial charge in [0.15, 0.2) is 0 Å². The molecular formula is C21H35NO3. The number of hydrogen-bond acceptors (Lipinski definition) is 4. The van der Waals surface area contributed by atoms with Gasteiger partial charge in [0.25, 0.3) is 0 Å². The molecule has 4 heteroatoms. The SMILES string of the molecule is C[C@]12CC/C(=N\OCCO)C[C@@H]1CC[C@@H]1[C@@H]2CC[C@]2(C)[C@@H](O)CC[C@@H]12. The van der Waals surface area contributed by atoms with Crippen LogP contribution in [0.15, 0.2) is 5.16 Å². The van der Waals surface area contributed by atoms with Gasteiger partial charge in [-0.25, -0.2) is 0 Å². The van der Waals surface area contributed by atoms with Crippen molar-refractivity contribution in [1.29, 1.82) is 0 Å². The van der Waals surface area contributed by atoms with E-state index in [2.05, 4.69) is 19.0 Å². The van der Waals surface area contributed by atoms with E-state index in [1.54, 1.807) is 0 Å². The van der Waals surface area contributed by atoms with Crippen LogP contribution in [0.4, 0.5) is 0 Å². The van der Waals surface area contributed by atoms with Crippen LogP contribution in [-0.4, -0.2) is 35.2 Å². The van der Waals surface area contributed by atoms with E-state index >= 15 is 0 Å². The average molecular weight is 350 g/mol. The molecule has 0 aliphatic heterocycles. The lowest BCUT2D eigenvalue weighted by molar-refractivity contribution is -0.112. The highest BCUT2D eigenvalue weighted by molar-refractivity contribution is 5.85. The first-order valence-electron chi connectivity index (χ1n) is 10.5. The summed E-state index contributed by atoms with van der Waals surface area (Å²) in [6.07, 6.45) is 10.7. The van der Waals surface area contributed by atoms with Crippen molar-refractivity contribution in [1.82, 2.24) is 0 Å². The number of nitrogens with zero attached hydrogens (tertiary/aromatic N) is 1. The van der Waals surface area contributed by atoms with Crippen LogP contribution >= 0.6 is 0 Å². The Morgan fingerprint density at radius 3 is 2.64 bits per heavy atom. The third-order valence-electron chi connectivity index (χ3n) is 8.83. The Balaban J connectivity index is 1.50. The molecule has 0 amide bonds. The quantitative estimate of drug-likeness (QED) is 0.602. The number of fused-ring (bicyclic) bond motifs is 5. The standard InChI is InChI=1S/C21H35NO3/c1-20-9-7-15(22-25-12-11-23)13-14(20)3-4-16-17-5-6-19(24)21(17,2)10-8-18(16)20/h14,16-19,23-24H,3-13H2,1-2H3/b22-15+/t14-,16-,17-,18-,19-,20-,21-/m0/s1. The summed E-state index contributed by atoms with van der Waals surface area (Å²) < 4.78 is 0. The highest BCUT2D eigenvalue weighted by atomic mass is 16.6. The van der Waals surface area contributed by atoms with Gasteiger partial charge in [-0.3, -0.25) is 0 Å². The summed E-state index contributed by atoms with van der Waals surface area (Å²) in [5.41, 5.74) is 1.82. The van der Waals surface area contributed by atoms with Gasteiger partial charge in [0.05, 0.1) is 18.4 Å². The Hall–Kier alpha value is -0.610. The molecule has 0 aromatic carbocycles. The van der Waals surface area contributed by atoms with Crippen molar-refractivity contribution < 1.29 is 15.1 Å². The number of aliphatic hydroxyl groups excluding tert-OH is 2. The monoisotopic (exact) mass is 349 g/mol. The largest absolute Gasteiger partial charge is 0.393 e. The number of aliphatic hydroxyl groups is 2. The minimum absolute atomic E-state index is 0.0354. The molecule has 142 valence electrons. The molecule has 4 fully saturated rings. The van der Waals surface area contributed by atoms with Crippen molar-refractivity contribution in [3.8, 4) is 0 Å². The third kappa shape index (κ3) is 2.75. The Kier molecular flexibility index (Phi) is 4.64. The van der Waals surface area contributed by atoms with Gasteiger partial charge < -0.3 is 15.1 Å². The molecule has 7 atom stereocenters. The van der Waals surface area contributed by atoms with Gasteiger partial charge in [0.2, 0.25) is 0 Å². The van der Waals surface area contributed by atoms with Crippen molar-refractivity contribution in [2.24, 2.45) is 39.7 Å². The molecule has 0 heterocycles. The highest BCUT2D eigenvalue weighted by Crippen LogP contribution is 2.65. The lowest BCUT2D eigenvalue weighted by Gasteiger charge is -2.60. The zero-order valence-corrected chi connectivity index (χ0v) is 15.9. The molecule has 2 N–H and O–H groups in total. The van der Waals surface area contributed by atoms with E-state index in [1.165, 1.54) is 44.2 Å². The Morgan fingerprint density at radius 2 is 1.84 bits per heavy atom. The summed E-state index contributed by atoms with van der Waals surface area (Å²) in [6, 6.07) is 0. The van der Waals surface area contributed by atoms with Gasteiger partial charge >= 0.3 is 0 Å². The number of oxime groups is 1. The smallest absolute Gasteiger partial charge is 0.140 e. The van der Waals surface area contributed by atoms with Crippen molar-refractivity contribution in [2.45, 2.75) is 77.7 Å². The summed E-state index contributed by atoms with van der Waals surface area (Å²) in [5, 5.41) is 23.7. The van der Waals surface area contributed by atoms with E-state index in [0.717, 1.165) is 42.9 Å². The molecule has 0 aromatic heterocycles. The van der Waals surface area contributed by atoms with Gasteiger partial charge in [0, 0.05) is 0 Å². The Bertz CT molecular complexity index is 535. The summed E-state index contributed by atoms with van der Waals surface area (Å²) >= 11 is 0. The molecule has 0 spiro atoms. The van der Waals surface area contributed by atoms with E-state index in [9.17, 15) is 5.11 Å². The van der Waals surface area contributed by atoms with E-state index in [4.69, 9.17) is 9.94 Å². The molecule has 0 unspecified atom stereocenters. The maximum Gasteiger partial charge on any atom is 0.140 e. The average Bonchev–Trinajstić information content (AvgIpc) is 2.90. The molecule has 0 aromatic rings. The first kappa shape index (κ1) is 17.8. The minimum atomic E-state index is -0.0715. The van der Waals surface area contributed by atoms with Crippen LogP contribution in [0.3, 0.4) is 0 Å². The molecule has 4 aliphatic carbocycles. The second-order valence-electron chi connectivity index (χ2n) is 9.71. The molecule has 4 nitrogen and oxygen atoms in total. The van der Waals surface area contributed by atoms with E-state index in [1.807, 2.05) is 0 Å². The summed E-state index contributed by atoms with van der Waals surface area (Å²) in [4.78, 5) is 5.23. The predicted octanol–water partition coefficient (Wildman–Crippen LogP) is 3.75. The molecule has 0 saturated heterocycles.